The molecular weight excluding hydrogens is 354 g/mol. The number of likely N-dealkylation sites (tertiary alicyclic amines) is 1. The highest BCUT2D eigenvalue weighted by Gasteiger charge is 2.29. The molecule has 0 unspecified atom stereocenters. The second-order valence-corrected chi connectivity index (χ2v) is 7.41. The predicted molar refractivity (Wildman–Crippen MR) is 104 cm³/mol. The van der Waals surface area contributed by atoms with Crippen molar-refractivity contribution in [3.05, 3.63) is 59.5 Å². The summed E-state index contributed by atoms with van der Waals surface area (Å²) in [6.07, 6.45) is 7.36. The molecule has 1 aliphatic rings. The molecule has 28 heavy (non-hydrogen) atoms. The number of amides is 1. The third kappa shape index (κ3) is 3.54. The van der Waals surface area contributed by atoms with Crippen LogP contribution in [0.3, 0.4) is 0 Å². The van der Waals surface area contributed by atoms with Crippen LogP contribution in [0.15, 0.2) is 30.7 Å². The maximum Gasteiger partial charge on any atom is 0.255 e. The first-order valence-electron chi connectivity index (χ1n) is 9.60. The molecule has 146 valence electrons. The summed E-state index contributed by atoms with van der Waals surface area (Å²) in [6, 6.07) is 3.73. The van der Waals surface area contributed by atoms with Gasteiger partial charge in [0.25, 0.3) is 5.91 Å². The molecule has 1 amide bonds. The normalized spacial score (nSPS) is 17.1. The fraction of sp³-hybridized carbons (Fsp3) is 0.450. The number of aromatic nitrogens is 6. The van der Waals surface area contributed by atoms with E-state index in [9.17, 15) is 4.79 Å². The zero-order valence-corrected chi connectivity index (χ0v) is 16.5. The SMILES string of the molecule is Cc1ccc(C(=O)N2CCC[C@@H](c3nnc(Cn4ccnc4C)n3C)C2)cn1. The van der Waals surface area contributed by atoms with E-state index in [1.807, 2.05) is 44.1 Å². The minimum Gasteiger partial charge on any atom is -0.338 e. The van der Waals surface area contributed by atoms with E-state index in [0.717, 1.165) is 42.6 Å². The van der Waals surface area contributed by atoms with Crippen molar-refractivity contribution in [3.8, 4) is 0 Å². The van der Waals surface area contributed by atoms with Gasteiger partial charge in [0.2, 0.25) is 0 Å². The van der Waals surface area contributed by atoms with Gasteiger partial charge in [0.1, 0.15) is 11.6 Å². The van der Waals surface area contributed by atoms with Gasteiger partial charge in [-0.25, -0.2) is 4.98 Å². The summed E-state index contributed by atoms with van der Waals surface area (Å²) >= 11 is 0. The van der Waals surface area contributed by atoms with E-state index in [0.29, 0.717) is 18.7 Å². The van der Waals surface area contributed by atoms with E-state index >= 15 is 0 Å². The van der Waals surface area contributed by atoms with E-state index < -0.39 is 0 Å². The third-order valence-electron chi connectivity index (χ3n) is 5.47. The second-order valence-electron chi connectivity index (χ2n) is 7.41. The van der Waals surface area contributed by atoms with Crippen molar-refractivity contribution in [2.75, 3.05) is 13.1 Å². The maximum atomic E-state index is 12.9. The van der Waals surface area contributed by atoms with Crippen LogP contribution in [0.5, 0.6) is 0 Å². The molecule has 0 saturated carbocycles. The summed E-state index contributed by atoms with van der Waals surface area (Å²) in [5.41, 5.74) is 1.55. The van der Waals surface area contributed by atoms with Crippen molar-refractivity contribution in [1.82, 2.24) is 34.2 Å². The van der Waals surface area contributed by atoms with Crippen LogP contribution in [-0.2, 0) is 13.6 Å². The highest BCUT2D eigenvalue weighted by molar-refractivity contribution is 5.94. The average molecular weight is 379 g/mol. The number of nitrogens with zero attached hydrogens (tertiary/aromatic N) is 7. The van der Waals surface area contributed by atoms with Crippen LogP contribution >= 0.6 is 0 Å². The molecule has 8 heteroatoms. The fourth-order valence-electron chi connectivity index (χ4n) is 3.74. The van der Waals surface area contributed by atoms with E-state index in [-0.39, 0.29) is 11.8 Å². The van der Waals surface area contributed by atoms with Gasteiger partial charge in [0.15, 0.2) is 5.82 Å². The Morgan fingerprint density at radius 2 is 2.07 bits per heavy atom. The van der Waals surface area contributed by atoms with E-state index in [4.69, 9.17) is 0 Å². The number of pyridine rings is 1. The maximum absolute atomic E-state index is 12.9. The van der Waals surface area contributed by atoms with Gasteiger partial charge in [-0.1, -0.05) is 0 Å². The number of piperidine rings is 1. The minimum atomic E-state index is 0.0358. The van der Waals surface area contributed by atoms with Gasteiger partial charge >= 0.3 is 0 Å². The largest absolute Gasteiger partial charge is 0.338 e. The smallest absolute Gasteiger partial charge is 0.255 e. The highest BCUT2D eigenvalue weighted by atomic mass is 16.2. The molecule has 0 N–H and O–H groups in total. The van der Waals surface area contributed by atoms with Crippen LogP contribution in [-0.4, -0.2) is 53.2 Å². The lowest BCUT2D eigenvalue weighted by Gasteiger charge is -2.32. The molecule has 1 fully saturated rings. The summed E-state index contributed by atoms with van der Waals surface area (Å²) < 4.78 is 4.11. The summed E-state index contributed by atoms with van der Waals surface area (Å²) in [5, 5.41) is 8.85. The van der Waals surface area contributed by atoms with Crippen LogP contribution in [0.1, 0.15) is 52.3 Å². The lowest BCUT2D eigenvalue weighted by molar-refractivity contribution is 0.0703. The number of hydrogen-bond acceptors (Lipinski definition) is 5. The zero-order valence-electron chi connectivity index (χ0n) is 16.5. The Hall–Kier alpha value is -3.03. The quantitative estimate of drug-likeness (QED) is 0.693. The Labute approximate surface area is 164 Å². The average Bonchev–Trinajstić information content (AvgIpc) is 3.28. The van der Waals surface area contributed by atoms with Crippen molar-refractivity contribution >= 4 is 5.91 Å². The van der Waals surface area contributed by atoms with E-state index in [1.54, 1.807) is 12.4 Å². The molecular formula is C20H25N7O. The Kier molecular flexibility index (Phi) is 4.93. The molecule has 0 bridgehead atoms. The topological polar surface area (TPSA) is 81.7 Å². The Morgan fingerprint density at radius 3 is 2.79 bits per heavy atom. The number of aryl methyl sites for hydroxylation is 2. The molecule has 4 rings (SSSR count). The number of carbonyl (C=O) groups is 1. The van der Waals surface area contributed by atoms with Crippen molar-refractivity contribution < 1.29 is 4.79 Å². The molecule has 8 nitrogen and oxygen atoms in total. The molecule has 1 aliphatic heterocycles. The van der Waals surface area contributed by atoms with E-state index in [2.05, 4.69) is 29.3 Å². The van der Waals surface area contributed by atoms with Crippen LogP contribution < -0.4 is 0 Å². The lowest BCUT2D eigenvalue weighted by Crippen LogP contribution is -2.39. The molecule has 1 saturated heterocycles. The van der Waals surface area contributed by atoms with Gasteiger partial charge in [-0.05, 0) is 38.8 Å². The van der Waals surface area contributed by atoms with Crippen LogP contribution in [0.4, 0.5) is 0 Å². The summed E-state index contributed by atoms with van der Waals surface area (Å²) in [6.45, 7) is 5.95. The van der Waals surface area contributed by atoms with Gasteiger partial charge in [-0.15, -0.1) is 10.2 Å². The van der Waals surface area contributed by atoms with Gasteiger partial charge in [-0.3, -0.25) is 9.78 Å². The first-order valence-corrected chi connectivity index (χ1v) is 9.60. The first kappa shape index (κ1) is 18.3. The Bertz CT molecular complexity index is 973. The second kappa shape index (κ2) is 7.53. The van der Waals surface area contributed by atoms with Gasteiger partial charge in [0, 0.05) is 50.3 Å². The summed E-state index contributed by atoms with van der Waals surface area (Å²) in [5.74, 6) is 3.00. The number of hydrogen-bond donors (Lipinski definition) is 0. The Morgan fingerprint density at radius 1 is 1.21 bits per heavy atom. The minimum absolute atomic E-state index is 0.0358. The van der Waals surface area contributed by atoms with Crippen molar-refractivity contribution in [2.45, 2.75) is 39.2 Å². The molecule has 0 aliphatic carbocycles. The molecule has 1 atom stereocenters. The van der Waals surface area contributed by atoms with Crippen LogP contribution in [0.25, 0.3) is 0 Å². The van der Waals surface area contributed by atoms with Crippen molar-refractivity contribution in [3.63, 3.8) is 0 Å². The molecule has 4 heterocycles. The van der Waals surface area contributed by atoms with Crippen molar-refractivity contribution in [2.24, 2.45) is 7.05 Å². The molecule has 0 radical (unpaired) electrons. The Balaban J connectivity index is 1.49. The fourth-order valence-corrected chi connectivity index (χ4v) is 3.74. The molecule has 0 aromatic carbocycles. The van der Waals surface area contributed by atoms with Crippen LogP contribution in [0, 0.1) is 13.8 Å². The standard InChI is InChI=1S/C20H25N7O/c1-14-6-7-16(11-22-14)20(28)27-9-4-5-17(12-27)19-24-23-18(25(19)3)13-26-10-8-21-15(26)2/h6-8,10-11,17H,4-5,9,12-13H2,1-3H3/t17-/m1/s1. The van der Waals surface area contributed by atoms with E-state index in [1.165, 1.54) is 0 Å². The third-order valence-corrected chi connectivity index (χ3v) is 5.47. The summed E-state index contributed by atoms with van der Waals surface area (Å²) in [4.78, 5) is 23.3. The highest BCUT2D eigenvalue weighted by Crippen LogP contribution is 2.27. The predicted octanol–water partition coefficient (Wildman–Crippen LogP) is 2.09. The molecule has 3 aromatic heterocycles. The lowest BCUT2D eigenvalue weighted by atomic mass is 9.96. The molecule has 3 aromatic rings. The van der Waals surface area contributed by atoms with Crippen molar-refractivity contribution in [1.29, 1.82) is 0 Å². The number of rotatable bonds is 4. The van der Waals surface area contributed by atoms with Crippen LogP contribution in [0.2, 0.25) is 0 Å². The summed E-state index contributed by atoms with van der Waals surface area (Å²) in [7, 11) is 2.00. The zero-order chi connectivity index (χ0) is 19.7. The van der Waals surface area contributed by atoms with Gasteiger partial charge in [-0.2, -0.15) is 0 Å². The molecule has 0 spiro atoms. The number of carbonyl (C=O) groups excluding carboxylic acids is 1. The van der Waals surface area contributed by atoms with Gasteiger partial charge < -0.3 is 14.0 Å². The first-order chi connectivity index (χ1) is 13.5. The monoisotopic (exact) mass is 379 g/mol. The van der Waals surface area contributed by atoms with Gasteiger partial charge in [0.05, 0.1) is 12.1 Å². The number of imidazole rings is 1.